The Morgan fingerprint density at radius 3 is 2.09 bits per heavy atom. The zero-order valence-electron chi connectivity index (χ0n) is 8.52. The van der Waals surface area contributed by atoms with Crippen molar-refractivity contribution in [2.24, 2.45) is 0 Å². The lowest BCUT2D eigenvalue weighted by Crippen LogP contribution is -2.28. The van der Waals surface area contributed by atoms with Crippen LogP contribution in [0.25, 0.3) is 0 Å². The first-order chi connectivity index (χ1) is 5.17. The topological polar surface area (TPSA) is 3.24 Å². The van der Waals surface area contributed by atoms with Gasteiger partial charge >= 0.3 is 0 Å². The SMILES string of the molecule is C/C=C(/C)N(C)C(CC)CC. The summed E-state index contributed by atoms with van der Waals surface area (Å²) in [6, 6.07) is 0.714. The summed E-state index contributed by atoms with van der Waals surface area (Å²) in [5, 5.41) is 0. The molecule has 11 heavy (non-hydrogen) atoms. The lowest BCUT2D eigenvalue weighted by atomic mass is 10.1. The Morgan fingerprint density at radius 2 is 1.82 bits per heavy atom. The molecule has 0 spiro atoms. The van der Waals surface area contributed by atoms with Crippen molar-refractivity contribution in [1.82, 2.24) is 4.90 Å². The number of rotatable bonds is 4. The van der Waals surface area contributed by atoms with Gasteiger partial charge in [-0.05, 0) is 26.7 Å². The first-order valence-electron chi connectivity index (χ1n) is 4.53. The predicted molar refractivity (Wildman–Crippen MR) is 51.6 cm³/mol. The Labute approximate surface area is 71.1 Å². The molecule has 0 aromatic heterocycles. The fraction of sp³-hybridized carbons (Fsp3) is 0.800. The van der Waals surface area contributed by atoms with Crippen LogP contribution in [-0.4, -0.2) is 18.0 Å². The number of hydrogen-bond acceptors (Lipinski definition) is 1. The van der Waals surface area contributed by atoms with E-state index in [1.54, 1.807) is 0 Å². The summed E-state index contributed by atoms with van der Waals surface area (Å²) >= 11 is 0. The molecule has 66 valence electrons. The average Bonchev–Trinajstić information content (AvgIpc) is 2.05. The highest BCUT2D eigenvalue weighted by Crippen LogP contribution is 2.11. The van der Waals surface area contributed by atoms with Crippen LogP contribution >= 0.6 is 0 Å². The smallest absolute Gasteiger partial charge is 0.0278 e. The summed E-state index contributed by atoms with van der Waals surface area (Å²) in [6.07, 6.45) is 4.63. The summed E-state index contributed by atoms with van der Waals surface area (Å²) in [5.74, 6) is 0. The van der Waals surface area contributed by atoms with Crippen LogP contribution in [0.1, 0.15) is 40.5 Å². The summed E-state index contributed by atoms with van der Waals surface area (Å²) in [7, 11) is 2.17. The van der Waals surface area contributed by atoms with Crippen LogP contribution < -0.4 is 0 Å². The second-order valence-corrected chi connectivity index (χ2v) is 3.01. The van der Waals surface area contributed by atoms with Crippen LogP contribution in [0.3, 0.4) is 0 Å². The van der Waals surface area contributed by atoms with Gasteiger partial charge in [0.15, 0.2) is 0 Å². The van der Waals surface area contributed by atoms with Crippen molar-refractivity contribution in [1.29, 1.82) is 0 Å². The first-order valence-corrected chi connectivity index (χ1v) is 4.53. The largest absolute Gasteiger partial charge is 0.375 e. The second kappa shape index (κ2) is 5.22. The van der Waals surface area contributed by atoms with Gasteiger partial charge in [0.2, 0.25) is 0 Å². The van der Waals surface area contributed by atoms with Crippen LogP contribution in [0.4, 0.5) is 0 Å². The van der Waals surface area contributed by atoms with Gasteiger partial charge in [-0.15, -0.1) is 0 Å². The van der Waals surface area contributed by atoms with Crippen molar-refractivity contribution >= 4 is 0 Å². The van der Waals surface area contributed by atoms with Crippen LogP contribution in [0.2, 0.25) is 0 Å². The molecule has 0 rings (SSSR count). The minimum absolute atomic E-state index is 0.714. The third-order valence-corrected chi connectivity index (χ3v) is 2.46. The Kier molecular flexibility index (Phi) is 5.01. The van der Waals surface area contributed by atoms with Gasteiger partial charge in [0.05, 0.1) is 0 Å². The van der Waals surface area contributed by atoms with E-state index in [2.05, 4.69) is 45.7 Å². The lowest BCUT2D eigenvalue weighted by molar-refractivity contribution is 0.287. The first kappa shape index (κ1) is 10.5. The van der Waals surface area contributed by atoms with Gasteiger partial charge in [0, 0.05) is 18.8 Å². The highest BCUT2D eigenvalue weighted by atomic mass is 15.1. The maximum atomic E-state index is 2.36. The van der Waals surface area contributed by atoms with Crippen molar-refractivity contribution < 1.29 is 0 Å². The molecule has 0 N–H and O–H groups in total. The van der Waals surface area contributed by atoms with Gasteiger partial charge in [-0.25, -0.2) is 0 Å². The quantitative estimate of drug-likeness (QED) is 0.603. The molecule has 0 radical (unpaired) electrons. The molecule has 1 heteroatoms. The van der Waals surface area contributed by atoms with Gasteiger partial charge in [-0.1, -0.05) is 19.9 Å². The normalized spacial score (nSPS) is 12.4. The molecule has 0 atom stereocenters. The lowest BCUT2D eigenvalue weighted by Gasteiger charge is -2.28. The highest BCUT2D eigenvalue weighted by molar-refractivity contribution is 4.95. The van der Waals surface area contributed by atoms with Gasteiger partial charge < -0.3 is 4.90 Å². The average molecular weight is 155 g/mol. The van der Waals surface area contributed by atoms with Crippen molar-refractivity contribution in [3.63, 3.8) is 0 Å². The van der Waals surface area contributed by atoms with Crippen molar-refractivity contribution in [2.45, 2.75) is 46.6 Å². The molecular formula is C10H21N. The van der Waals surface area contributed by atoms with Gasteiger partial charge in [0.1, 0.15) is 0 Å². The molecule has 0 saturated carbocycles. The van der Waals surface area contributed by atoms with E-state index in [0.717, 1.165) is 0 Å². The maximum Gasteiger partial charge on any atom is 0.0278 e. The van der Waals surface area contributed by atoms with E-state index in [9.17, 15) is 0 Å². The van der Waals surface area contributed by atoms with Gasteiger partial charge in [-0.3, -0.25) is 0 Å². The fourth-order valence-electron chi connectivity index (χ4n) is 1.33. The number of hydrogen-bond donors (Lipinski definition) is 0. The maximum absolute atomic E-state index is 2.36. The Hall–Kier alpha value is -0.460. The number of allylic oxidation sites excluding steroid dienone is 2. The monoisotopic (exact) mass is 155 g/mol. The molecule has 1 nitrogen and oxygen atoms in total. The van der Waals surface area contributed by atoms with Gasteiger partial charge in [-0.2, -0.15) is 0 Å². The molecule has 0 fully saturated rings. The Morgan fingerprint density at radius 1 is 1.36 bits per heavy atom. The van der Waals surface area contributed by atoms with E-state index >= 15 is 0 Å². The van der Waals surface area contributed by atoms with Crippen LogP contribution in [0.5, 0.6) is 0 Å². The predicted octanol–water partition coefficient (Wildman–Crippen LogP) is 3.03. The van der Waals surface area contributed by atoms with Crippen LogP contribution in [0, 0.1) is 0 Å². The van der Waals surface area contributed by atoms with Crippen molar-refractivity contribution in [3.8, 4) is 0 Å². The minimum Gasteiger partial charge on any atom is -0.375 e. The van der Waals surface area contributed by atoms with Gasteiger partial charge in [0.25, 0.3) is 0 Å². The van der Waals surface area contributed by atoms with E-state index in [4.69, 9.17) is 0 Å². The highest BCUT2D eigenvalue weighted by Gasteiger charge is 2.08. The van der Waals surface area contributed by atoms with Crippen LogP contribution in [-0.2, 0) is 0 Å². The molecule has 0 aliphatic carbocycles. The Bertz CT molecular complexity index is 123. The molecule has 0 saturated heterocycles. The molecular weight excluding hydrogens is 134 g/mol. The molecule has 0 heterocycles. The molecule has 0 bridgehead atoms. The van der Waals surface area contributed by atoms with Crippen molar-refractivity contribution in [2.75, 3.05) is 7.05 Å². The van der Waals surface area contributed by atoms with E-state index in [1.165, 1.54) is 18.5 Å². The van der Waals surface area contributed by atoms with Crippen LogP contribution in [0.15, 0.2) is 11.8 Å². The minimum atomic E-state index is 0.714. The fourth-order valence-corrected chi connectivity index (χ4v) is 1.33. The van der Waals surface area contributed by atoms with E-state index in [0.29, 0.717) is 6.04 Å². The second-order valence-electron chi connectivity index (χ2n) is 3.01. The molecule has 0 aromatic rings. The standard InChI is InChI=1S/C10H21N/c1-6-9(4)11(5)10(7-2)8-3/h6,10H,7-8H2,1-5H3/b9-6-. The Balaban J connectivity index is 4.08. The third kappa shape index (κ3) is 2.96. The summed E-state index contributed by atoms with van der Waals surface area (Å²) < 4.78 is 0. The molecule has 0 aliphatic heterocycles. The summed E-state index contributed by atoms with van der Waals surface area (Å²) in [4.78, 5) is 2.36. The summed E-state index contributed by atoms with van der Waals surface area (Å²) in [5.41, 5.74) is 1.37. The van der Waals surface area contributed by atoms with E-state index < -0.39 is 0 Å². The molecule has 0 amide bonds. The summed E-state index contributed by atoms with van der Waals surface area (Å²) in [6.45, 7) is 8.74. The molecule has 0 unspecified atom stereocenters. The number of nitrogens with zero attached hydrogens (tertiary/aromatic N) is 1. The zero-order chi connectivity index (χ0) is 8.85. The van der Waals surface area contributed by atoms with E-state index in [1.807, 2.05) is 0 Å². The molecule has 0 aliphatic rings. The third-order valence-electron chi connectivity index (χ3n) is 2.46. The molecule has 0 aromatic carbocycles. The van der Waals surface area contributed by atoms with E-state index in [-0.39, 0.29) is 0 Å². The zero-order valence-corrected chi connectivity index (χ0v) is 8.52. The van der Waals surface area contributed by atoms with Crippen molar-refractivity contribution in [3.05, 3.63) is 11.8 Å².